The van der Waals surface area contributed by atoms with Gasteiger partial charge in [0.1, 0.15) is 5.75 Å². The molecule has 0 aliphatic heterocycles. The highest BCUT2D eigenvalue weighted by Crippen LogP contribution is 2.14. The van der Waals surface area contributed by atoms with Crippen LogP contribution in [0.25, 0.3) is 6.08 Å². The van der Waals surface area contributed by atoms with Crippen molar-refractivity contribution >= 4 is 17.8 Å². The average molecular weight is 310 g/mol. The smallest absolute Gasteiger partial charge is 0.331 e. The number of ether oxygens (including phenoxy) is 2. The van der Waals surface area contributed by atoms with Gasteiger partial charge in [-0.15, -0.1) is 0 Å². The van der Waals surface area contributed by atoms with E-state index in [0.29, 0.717) is 11.3 Å². The summed E-state index contributed by atoms with van der Waals surface area (Å²) in [4.78, 5) is 24.0. The molecular formula is C19H18O4. The molecule has 0 bridgehead atoms. The van der Waals surface area contributed by atoms with Gasteiger partial charge in [0.15, 0.2) is 6.10 Å². The first-order chi connectivity index (χ1) is 11.1. The SMILES string of the molecule is COc1ccc(C(=O)C(C)OC(=O)/C=C/c2ccccc2)cc1. The van der Waals surface area contributed by atoms with Crippen LogP contribution in [-0.4, -0.2) is 25.0 Å². The summed E-state index contributed by atoms with van der Waals surface area (Å²) in [6.07, 6.45) is 2.11. The Labute approximate surface area is 135 Å². The first-order valence-corrected chi connectivity index (χ1v) is 7.22. The maximum Gasteiger partial charge on any atom is 0.331 e. The molecule has 0 spiro atoms. The molecule has 4 nitrogen and oxygen atoms in total. The summed E-state index contributed by atoms with van der Waals surface area (Å²) < 4.78 is 10.2. The number of hydrogen-bond acceptors (Lipinski definition) is 4. The Morgan fingerprint density at radius 1 is 1.00 bits per heavy atom. The van der Waals surface area contributed by atoms with Gasteiger partial charge in [-0.1, -0.05) is 30.3 Å². The summed E-state index contributed by atoms with van der Waals surface area (Å²) in [6, 6.07) is 16.1. The first-order valence-electron chi connectivity index (χ1n) is 7.22. The van der Waals surface area contributed by atoms with Crippen LogP contribution in [0.5, 0.6) is 5.75 Å². The summed E-state index contributed by atoms with van der Waals surface area (Å²) in [5, 5.41) is 0. The van der Waals surface area contributed by atoms with Gasteiger partial charge < -0.3 is 9.47 Å². The minimum absolute atomic E-state index is 0.255. The van der Waals surface area contributed by atoms with Crippen molar-refractivity contribution in [3.8, 4) is 5.75 Å². The second-order valence-electron chi connectivity index (χ2n) is 4.92. The zero-order valence-electron chi connectivity index (χ0n) is 13.1. The van der Waals surface area contributed by atoms with E-state index in [1.807, 2.05) is 30.3 Å². The lowest BCUT2D eigenvalue weighted by molar-refractivity contribution is -0.140. The van der Waals surface area contributed by atoms with Crippen LogP contribution in [0.2, 0.25) is 0 Å². The fraction of sp³-hybridized carbons (Fsp3) is 0.158. The zero-order valence-corrected chi connectivity index (χ0v) is 13.1. The van der Waals surface area contributed by atoms with Crippen molar-refractivity contribution in [1.29, 1.82) is 0 Å². The monoisotopic (exact) mass is 310 g/mol. The molecule has 1 atom stereocenters. The van der Waals surface area contributed by atoms with Gasteiger partial charge in [0.05, 0.1) is 7.11 Å². The number of ketones is 1. The summed E-state index contributed by atoms with van der Waals surface area (Å²) in [5.74, 6) is -0.144. The number of methoxy groups -OCH3 is 1. The Morgan fingerprint density at radius 2 is 1.65 bits per heavy atom. The highest BCUT2D eigenvalue weighted by atomic mass is 16.5. The fourth-order valence-electron chi connectivity index (χ4n) is 1.99. The highest BCUT2D eigenvalue weighted by molar-refractivity contribution is 6.01. The number of hydrogen-bond donors (Lipinski definition) is 0. The molecule has 1 unspecified atom stereocenters. The highest BCUT2D eigenvalue weighted by Gasteiger charge is 2.18. The Morgan fingerprint density at radius 3 is 2.26 bits per heavy atom. The van der Waals surface area contributed by atoms with Gasteiger partial charge >= 0.3 is 5.97 Å². The Hall–Kier alpha value is -2.88. The third kappa shape index (κ3) is 4.81. The Bertz CT molecular complexity index is 687. The Balaban J connectivity index is 1.94. The number of carbonyl (C=O) groups excluding carboxylic acids is 2. The third-order valence-electron chi connectivity index (χ3n) is 3.25. The summed E-state index contributed by atoms with van der Waals surface area (Å²) >= 11 is 0. The van der Waals surface area contributed by atoms with Gasteiger partial charge in [0.2, 0.25) is 5.78 Å². The molecule has 0 radical (unpaired) electrons. The predicted molar refractivity (Wildman–Crippen MR) is 88.4 cm³/mol. The molecule has 0 aromatic heterocycles. The molecule has 4 heteroatoms. The van der Waals surface area contributed by atoms with Gasteiger partial charge in [0, 0.05) is 11.6 Å². The van der Waals surface area contributed by atoms with E-state index in [-0.39, 0.29) is 5.78 Å². The van der Waals surface area contributed by atoms with Crippen molar-refractivity contribution in [2.24, 2.45) is 0 Å². The molecule has 0 N–H and O–H groups in total. The minimum atomic E-state index is -0.851. The topological polar surface area (TPSA) is 52.6 Å². The predicted octanol–water partition coefficient (Wildman–Crippen LogP) is 3.52. The van der Waals surface area contributed by atoms with E-state index in [1.54, 1.807) is 44.4 Å². The summed E-state index contributed by atoms with van der Waals surface area (Å²) in [7, 11) is 1.56. The zero-order chi connectivity index (χ0) is 16.7. The largest absolute Gasteiger partial charge is 0.497 e. The molecule has 2 aromatic carbocycles. The molecule has 0 heterocycles. The van der Waals surface area contributed by atoms with Gasteiger partial charge in [0.25, 0.3) is 0 Å². The van der Waals surface area contributed by atoms with Crippen LogP contribution in [-0.2, 0) is 9.53 Å². The van der Waals surface area contributed by atoms with E-state index in [1.165, 1.54) is 6.08 Å². The Kier molecular flexibility index (Phi) is 5.69. The molecular weight excluding hydrogens is 292 g/mol. The summed E-state index contributed by atoms with van der Waals surface area (Å²) in [5.41, 5.74) is 1.36. The normalized spacial score (nSPS) is 11.9. The van der Waals surface area contributed by atoms with E-state index < -0.39 is 12.1 Å². The van der Waals surface area contributed by atoms with E-state index in [9.17, 15) is 9.59 Å². The molecule has 0 amide bonds. The van der Waals surface area contributed by atoms with Gasteiger partial charge in [-0.3, -0.25) is 4.79 Å². The van der Waals surface area contributed by atoms with Crippen LogP contribution in [0.3, 0.4) is 0 Å². The van der Waals surface area contributed by atoms with Crippen LogP contribution in [0, 0.1) is 0 Å². The van der Waals surface area contributed by atoms with Crippen LogP contribution in [0.4, 0.5) is 0 Å². The number of Topliss-reactive ketones (excluding diaryl/α,β-unsaturated/α-hetero) is 1. The quantitative estimate of drug-likeness (QED) is 0.465. The number of rotatable bonds is 6. The molecule has 0 aliphatic carbocycles. The van der Waals surface area contributed by atoms with E-state index in [0.717, 1.165) is 5.56 Å². The summed E-state index contributed by atoms with van der Waals surface area (Å²) in [6.45, 7) is 1.56. The van der Waals surface area contributed by atoms with Crippen molar-refractivity contribution in [3.63, 3.8) is 0 Å². The van der Waals surface area contributed by atoms with Crippen molar-refractivity contribution < 1.29 is 19.1 Å². The molecule has 2 rings (SSSR count). The lowest BCUT2D eigenvalue weighted by atomic mass is 10.1. The second-order valence-corrected chi connectivity index (χ2v) is 4.92. The van der Waals surface area contributed by atoms with Crippen LogP contribution >= 0.6 is 0 Å². The molecule has 0 aliphatic rings. The average Bonchev–Trinajstić information content (AvgIpc) is 2.60. The fourth-order valence-corrected chi connectivity index (χ4v) is 1.99. The second kappa shape index (κ2) is 7.94. The third-order valence-corrected chi connectivity index (χ3v) is 3.25. The lowest BCUT2D eigenvalue weighted by Crippen LogP contribution is -2.23. The van der Waals surface area contributed by atoms with Crippen LogP contribution in [0.1, 0.15) is 22.8 Å². The van der Waals surface area contributed by atoms with Crippen LogP contribution in [0.15, 0.2) is 60.7 Å². The molecule has 0 fully saturated rings. The molecule has 2 aromatic rings. The van der Waals surface area contributed by atoms with Crippen LogP contribution < -0.4 is 4.74 Å². The molecule has 23 heavy (non-hydrogen) atoms. The van der Waals surface area contributed by atoms with Gasteiger partial charge in [-0.2, -0.15) is 0 Å². The minimum Gasteiger partial charge on any atom is -0.497 e. The van der Waals surface area contributed by atoms with E-state index in [4.69, 9.17) is 9.47 Å². The maximum atomic E-state index is 12.2. The number of esters is 1. The van der Waals surface area contributed by atoms with E-state index in [2.05, 4.69) is 0 Å². The number of carbonyl (C=O) groups is 2. The first kappa shape index (κ1) is 16.5. The van der Waals surface area contributed by atoms with Crippen molar-refractivity contribution in [2.45, 2.75) is 13.0 Å². The lowest BCUT2D eigenvalue weighted by Gasteiger charge is -2.11. The van der Waals surface area contributed by atoms with Crippen molar-refractivity contribution in [2.75, 3.05) is 7.11 Å². The van der Waals surface area contributed by atoms with Gasteiger partial charge in [-0.05, 0) is 42.8 Å². The standard InChI is InChI=1S/C19H18O4/c1-14(19(21)16-9-11-17(22-2)12-10-16)23-18(20)13-8-15-6-4-3-5-7-15/h3-14H,1-2H3/b13-8+. The van der Waals surface area contributed by atoms with E-state index >= 15 is 0 Å². The van der Waals surface area contributed by atoms with Crippen molar-refractivity contribution in [3.05, 3.63) is 71.8 Å². The molecule has 0 saturated carbocycles. The number of benzene rings is 2. The maximum absolute atomic E-state index is 12.2. The molecule has 0 saturated heterocycles. The van der Waals surface area contributed by atoms with Gasteiger partial charge in [-0.25, -0.2) is 4.79 Å². The van der Waals surface area contributed by atoms with Crippen molar-refractivity contribution in [1.82, 2.24) is 0 Å². The molecule has 118 valence electrons.